The highest BCUT2D eigenvalue weighted by Gasteiger charge is 2.37. The molecule has 0 N–H and O–H groups in total. The molecule has 1 saturated carbocycles. The molecule has 0 aromatic rings. The zero-order valence-corrected chi connectivity index (χ0v) is 11.7. The van der Waals surface area contributed by atoms with Crippen molar-refractivity contribution in [3.05, 3.63) is 0 Å². The van der Waals surface area contributed by atoms with E-state index in [4.69, 9.17) is 9.47 Å². The highest BCUT2D eigenvalue weighted by Crippen LogP contribution is 2.29. The summed E-state index contributed by atoms with van der Waals surface area (Å²) >= 11 is 0. The average Bonchev–Trinajstić information content (AvgIpc) is 2.26. The standard InChI is InChI=1S/C14H24O4/c1-4-18-13(16)14(2,3)12(15)10-17-9-8-11-6-5-7-11/h11H,4-10H2,1-3H3. The number of rotatable bonds is 8. The van der Waals surface area contributed by atoms with Gasteiger partial charge in [-0.05, 0) is 33.1 Å². The van der Waals surface area contributed by atoms with E-state index < -0.39 is 11.4 Å². The maximum absolute atomic E-state index is 11.9. The van der Waals surface area contributed by atoms with Gasteiger partial charge in [0, 0.05) is 6.61 Å². The van der Waals surface area contributed by atoms with Gasteiger partial charge in [-0.15, -0.1) is 0 Å². The van der Waals surface area contributed by atoms with Crippen LogP contribution in [0.3, 0.4) is 0 Å². The lowest BCUT2D eigenvalue weighted by Crippen LogP contribution is -2.37. The summed E-state index contributed by atoms with van der Waals surface area (Å²) in [5.41, 5.74) is -1.10. The number of esters is 1. The molecule has 0 aromatic heterocycles. The fourth-order valence-electron chi connectivity index (χ4n) is 1.80. The summed E-state index contributed by atoms with van der Waals surface area (Å²) in [6.07, 6.45) is 4.91. The van der Waals surface area contributed by atoms with E-state index in [1.54, 1.807) is 20.8 Å². The molecule has 0 saturated heterocycles. The molecule has 0 amide bonds. The predicted octanol–water partition coefficient (Wildman–Crippen LogP) is 2.35. The van der Waals surface area contributed by atoms with Gasteiger partial charge in [0.25, 0.3) is 0 Å². The van der Waals surface area contributed by atoms with Gasteiger partial charge in [0.05, 0.1) is 6.61 Å². The molecule has 0 heterocycles. The zero-order valence-electron chi connectivity index (χ0n) is 11.7. The summed E-state index contributed by atoms with van der Waals surface area (Å²) in [5.74, 6) is 0.0883. The SMILES string of the molecule is CCOC(=O)C(C)(C)C(=O)COCCC1CCC1. The van der Waals surface area contributed by atoms with Gasteiger partial charge in [-0.25, -0.2) is 0 Å². The normalized spacial score (nSPS) is 16.2. The van der Waals surface area contributed by atoms with E-state index in [-0.39, 0.29) is 19.0 Å². The number of carbonyl (C=O) groups excluding carboxylic acids is 2. The van der Waals surface area contributed by atoms with Crippen molar-refractivity contribution in [3.63, 3.8) is 0 Å². The summed E-state index contributed by atoms with van der Waals surface area (Å²) in [5, 5.41) is 0. The molecule has 18 heavy (non-hydrogen) atoms. The summed E-state index contributed by atoms with van der Waals surface area (Å²) < 4.78 is 10.2. The van der Waals surface area contributed by atoms with Crippen LogP contribution in [0.2, 0.25) is 0 Å². The first-order chi connectivity index (χ1) is 8.48. The molecule has 0 bridgehead atoms. The fourth-order valence-corrected chi connectivity index (χ4v) is 1.80. The lowest BCUT2D eigenvalue weighted by Gasteiger charge is -2.25. The molecule has 1 aliphatic carbocycles. The Balaban J connectivity index is 2.23. The Morgan fingerprint density at radius 2 is 1.94 bits per heavy atom. The third kappa shape index (κ3) is 4.09. The molecular formula is C14H24O4. The third-order valence-corrected chi connectivity index (χ3v) is 3.61. The highest BCUT2D eigenvalue weighted by molar-refractivity contribution is 6.03. The van der Waals surface area contributed by atoms with E-state index in [2.05, 4.69) is 0 Å². The van der Waals surface area contributed by atoms with Crippen LogP contribution in [0.4, 0.5) is 0 Å². The summed E-state index contributed by atoms with van der Waals surface area (Å²) in [7, 11) is 0. The van der Waals surface area contributed by atoms with Gasteiger partial charge < -0.3 is 9.47 Å². The minimum atomic E-state index is -1.10. The van der Waals surface area contributed by atoms with E-state index in [1.807, 2.05) is 0 Å². The van der Waals surface area contributed by atoms with Crippen molar-refractivity contribution in [2.45, 2.75) is 46.5 Å². The molecule has 1 fully saturated rings. The van der Waals surface area contributed by atoms with Gasteiger partial charge in [0.1, 0.15) is 12.0 Å². The second-order valence-electron chi connectivity index (χ2n) is 5.41. The number of hydrogen-bond acceptors (Lipinski definition) is 4. The Kier molecular flexibility index (Phi) is 5.79. The molecule has 4 heteroatoms. The molecular weight excluding hydrogens is 232 g/mol. The van der Waals surface area contributed by atoms with Gasteiger partial charge in [0.15, 0.2) is 5.78 Å². The topological polar surface area (TPSA) is 52.6 Å². The van der Waals surface area contributed by atoms with Crippen LogP contribution >= 0.6 is 0 Å². The van der Waals surface area contributed by atoms with Crippen molar-refractivity contribution in [1.82, 2.24) is 0 Å². The average molecular weight is 256 g/mol. The quantitative estimate of drug-likeness (QED) is 0.380. The van der Waals surface area contributed by atoms with E-state index in [1.165, 1.54) is 19.3 Å². The smallest absolute Gasteiger partial charge is 0.319 e. The second kappa shape index (κ2) is 6.88. The number of ether oxygens (including phenoxy) is 2. The fraction of sp³-hybridized carbons (Fsp3) is 0.857. The summed E-state index contributed by atoms with van der Waals surface area (Å²) in [4.78, 5) is 23.5. The zero-order chi connectivity index (χ0) is 13.6. The summed E-state index contributed by atoms with van der Waals surface area (Å²) in [6.45, 7) is 5.80. The van der Waals surface area contributed by atoms with Crippen LogP contribution in [0.25, 0.3) is 0 Å². The molecule has 0 aliphatic heterocycles. The first kappa shape index (κ1) is 15.2. The Labute approximate surface area is 109 Å². The van der Waals surface area contributed by atoms with E-state index in [0.29, 0.717) is 6.61 Å². The first-order valence-corrected chi connectivity index (χ1v) is 6.76. The molecule has 0 atom stereocenters. The van der Waals surface area contributed by atoms with Crippen LogP contribution in [0.15, 0.2) is 0 Å². The highest BCUT2D eigenvalue weighted by atomic mass is 16.5. The van der Waals surface area contributed by atoms with E-state index in [9.17, 15) is 9.59 Å². The molecule has 0 spiro atoms. The monoisotopic (exact) mass is 256 g/mol. The van der Waals surface area contributed by atoms with Gasteiger partial charge in [0.2, 0.25) is 0 Å². The molecule has 0 unspecified atom stereocenters. The number of hydrogen-bond donors (Lipinski definition) is 0. The minimum Gasteiger partial charge on any atom is -0.465 e. The van der Waals surface area contributed by atoms with Crippen molar-refractivity contribution in [2.75, 3.05) is 19.8 Å². The van der Waals surface area contributed by atoms with Gasteiger partial charge >= 0.3 is 5.97 Å². The lowest BCUT2D eigenvalue weighted by atomic mass is 9.83. The van der Waals surface area contributed by atoms with Gasteiger partial charge in [-0.3, -0.25) is 9.59 Å². The molecule has 1 rings (SSSR count). The van der Waals surface area contributed by atoms with E-state index in [0.717, 1.165) is 12.3 Å². The number of ketones is 1. The van der Waals surface area contributed by atoms with Gasteiger partial charge in [-0.1, -0.05) is 19.3 Å². The van der Waals surface area contributed by atoms with Gasteiger partial charge in [-0.2, -0.15) is 0 Å². The van der Waals surface area contributed by atoms with Crippen LogP contribution in [-0.2, 0) is 19.1 Å². The largest absolute Gasteiger partial charge is 0.465 e. The Hall–Kier alpha value is -0.900. The van der Waals surface area contributed by atoms with Crippen LogP contribution in [0, 0.1) is 11.3 Å². The number of carbonyl (C=O) groups is 2. The maximum Gasteiger partial charge on any atom is 0.319 e. The molecule has 0 aromatic carbocycles. The second-order valence-corrected chi connectivity index (χ2v) is 5.41. The van der Waals surface area contributed by atoms with Crippen LogP contribution < -0.4 is 0 Å². The van der Waals surface area contributed by atoms with Crippen LogP contribution in [-0.4, -0.2) is 31.6 Å². The van der Waals surface area contributed by atoms with Crippen molar-refractivity contribution in [2.24, 2.45) is 11.3 Å². The van der Waals surface area contributed by atoms with Crippen LogP contribution in [0.5, 0.6) is 0 Å². The maximum atomic E-state index is 11.9. The molecule has 4 nitrogen and oxygen atoms in total. The van der Waals surface area contributed by atoms with Crippen molar-refractivity contribution in [3.8, 4) is 0 Å². The van der Waals surface area contributed by atoms with Crippen molar-refractivity contribution >= 4 is 11.8 Å². The van der Waals surface area contributed by atoms with Crippen molar-refractivity contribution in [1.29, 1.82) is 0 Å². The van der Waals surface area contributed by atoms with E-state index >= 15 is 0 Å². The summed E-state index contributed by atoms with van der Waals surface area (Å²) in [6, 6.07) is 0. The molecule has 0 radical (unpaired) electrons. The Bertz CT molecular complexity index is 292. The lowest BCUT2D eigenvalue weighted by molar-refractivity contribution is -0.159. The minimum absolute atomic E-state index is 0.00145. The molecule has 1 aliphatic rings. The van der Waals surface area contributed by atoms with Crippen molar-refractivity contribution < 1.29 is 19.1 Å². The predicted molar refractivity (Wildman–Crippen MR) is 68.2 cm³/mol. The Morgan fingerprint density at radius 3 is 2.44 bits per heavy atom. The third-order valence-electron chi connectivity index (χ3n) is 3.61. The molecule has 104 valence electrons. The Morgan fingerprint density at radius 1 is 1.28 bits per heavy atom. The van der Waals surface area contributed by atoms with Crippen LogP contribution in [0.1, 0.15) is 46.5 Å². The number of Topliss-reactive ketones (excluding diaryl/α,β-unsaturated/α-hetero) is 1. The first-order valence-electron chi connectivity index (χ1n) is 6.76.